The van der Waals surface area contributed by atoms with Gasteiger partial charge in [0, 0.05) is 29.9 Å². The molecular formula is C26H34ClN3O2. The Balaban J connectivity index is 1.49. The fraction of sp³-hybridized carbons (Fsp3) is 0.462. The Morgan fingerprint density at radius 2 is 1.78 bits per heavy atom. The van der Waals surface area contributed by atoms with Gasteiger partial charge in [0.1, 0.15) is 11.6 Å². The van der Waals surface area contributed by atoms with Crippen molar-refractivity contribution >= 4 is 28.5 Å². The lowest BCUT2D eigenvalue weighted by Crippen LogP contribution is -2.35. The zero-order valence-corrected chi connectivity index (χ0v) is 20.1. The van der Waals surface area contributed by atoms with Crippen molar-refractivity contribution in [3.63, 3.8) is 0 Å². The van der Waals surface area contributed by atoms with Gasteiger partial charge in [0.15, 0.2) is 0 Å². The molecule has 1 aromatic heterocycles. The number of fused-ring (bicyclic) bond motifs is 1. The van der Waals surface area contributed by atoms with Crippen LogP contribution in [0.2, 0.25) is 5.02 Å². The summed E-state index contributed by atoms with van der Waals surface area (Å²) in [5.74, 6) is 2.07. The van der Waals surface area contributed by atoms with Gasteiger partial charge in [-0.05, 0) is 55.7 Å². The van der Waals surface area contributed by atoms with Crippen LogP contribution in [0.1, 0.15) is 52.3 Å². The number of aromatic nitrogens is 2. The minimum Gasteiger partial charge on any atom is -0.494 e. The molecule has 5 nitrogen and oxygen atoms in total. The highest BCUT2D eigenvalue weighted by Gasteiger charge is 2.20. The monoisotopic (exact) mass is 455 g/mol. The first-order valence-electron chi connectivity index (χ1n) is 11.5. The van der Waals surface area contributed by atoms with Crippen LogP contribution in [0.4, 0.5) is 0 Å². The molecule has 0 aliphatic carbocycles. The third-order valence-corrected chi connectivity index (χ3v) is 5.64. The summed E-state index contributed by atoms with van der Waals surface area (Å²) >= 11 is 5.93. The Hall–Kier alpha value is -2.53. The molecule has 0 saturated heterocycles. The van der Waals surface area contributed by atoms with Gasteiger partial charge in [-0.15, -0.1) is 0 Å². The summed E-state index contributed by atoms with van der Waals surface area (Å²) in [5.41, 5.74) is 1.88. The van der Waals surface area contributed by atoms with E-state index in [1.807, 2.05) is 51.1 Å². The molecule has 0 atom stereocenters. The minimum absolute atomic E-state index is 0.111. The highest BCUT2D eigenvalue weighted by Crippen LogP contribution is 2.20. The predicted molar refractivity (Wildman–Crippen MR) is 131 cm³/mol. The Labute approximate surface area is 196 Å². The fourth-order valence-corrected chi connectivity index (χ4v) is 3.69. The third kappa shape index (κ3) is 6.99. The summed E-state index contributed by atoms with van der Waals surface area (Å²) in [7, 11) is 0. The number of aryl methyl sites for hydroxylation is 2. The number of para-hydroxylation sites is 2. The number of ether oxygens (including phenoxy) is 1. The molecule has 2 aromatic carbocycles. The van der Waals surface area contributed by atoms with Crippen LogP contribution < -0.4 is 10.1 Å². The third-order valence-electron chi connectivity index (χ3n) is 5.39. The van der Waals surface area contributed by atoms with Crippen LogP contribution in [0.5, 0.6) is 5.75 Å². The van der Waals surface area contributed by atoms with E-state index in [9.17, 15) is 4.79 Å². The van der Waals surface area contributed by atoms with E-state index in [0.717, 1.165) is 62.3 Å². The van der Waals surface area contributed by atoms with Crippen LogP contribution in [-0.4, -0.2) is 28.6 Å². The number of amides is 1. The molecule has 0 unspecified atom stereocenters. The number of carbonyl (C=O) groups excluding carboxylic acids is 1. The number of nitrogens with one attached hydrogen (secondary N) is 1. The maximum atomic E-state index is 12.0. The second-order valence-corrected chi connectivity index (χ2v) is 9.58. The van der Waals surface area contributed by atoms with E-state index in [4.69, 9.17) is 21.3 Å². The van der Waals surface area contributed by atoms with Crippen molar-refractivity contribution in [2.24, 2.45) is 5.41 Å². The van der Waals surface area contributed by atoms with Gasteiger partial charge in [-0.1, -0.05) is 50.9 Å². The fourth-order valence-electron chi connectivity index (χ4n) is 3.56. The topological polar surface area (TPSA) is 56.2 Å². The largest absolute Gasteiger partial charge is 0.494 e. The quantitative estimate of drug-likeness (QED) is 0.359. The van der Waals surface area contributed by atoms with Gasteiger partial charge < -0.3 is 14.6 Å². The van der Waals surface area contributed by atoms with Crippen LogP contribution >= 0.6 is 11.6 Å². The molecule has 1 heterocycles. The first-order chi connectivity index (χ1) is 15.3. The van der Waals surface area contributed by atoms with Crippen molar-refractivity contribution in [1.82, 2.24) is 14.9 Å². The number of benzene rings is 2. The van der Waals surface area contributed by atoms with Crippen LogP contribution in [0.3, 0.4) is 0 Å². The van der Waals surface area contributed by atoms with E-state index in [1.54, 1.807) is 0 Å². The zero-order valence-electron chi connectivity index (χ0n) is 19.4. The first-order valence-corrected chi connectivity index (χ1v) is 11.8. The van der Waals surface area contributed by atoms with Crippen molar-refractivity contribution in [2.45, 2.75) is 59.4 Å². The lowest BCUT2D eigenvalue weighted by atomic mass is 9.96. The van der Waals surface area contributed by atoms with E-state index >= 15 is 0 Å². The highest BCUT2D eigenvalue weighted by atomic mass is 35.5. The molecule has 6 heteroatoms. The number of imidazole rings is 1. The smallest absolute Gasteiger partial charge is 0.225 e. The number of nitrogens with zero attached hydrogens (tertiary/aromatic N) is 2. The van der Waals surface area contributed by atoms with Crippen molar-refractivity contribution < 1.29 is 9.53 Å². The number of unbranched alkanes of at least 4 members (excludes halogenated alkanes) is 2. The molecule has 0 aliphatic rings. The van der Waals surface area contributed by atoms with Gasteiger partial charge in [0.05, 0.1) is 17.6 Å². The molecule has 0 bridgehead atoms. The molecule has 0 fully saturated rings. The van der Waals surface area contributed by atoms with Crippen molar-refractivity contribution in [1.29, 1.82) is 0 Å². The van der Waals surface area contributed by atoms with Gasteiger partial charge in [0.2, 0.25) is 5.91 Å². The molecule has 32 heavy (non-hydrogen) atoms. The summed E-state index contributed by atoms with van der Waals surface area (Å²) in [5, 5.41) is 3.74. The summed E-state index contributed by atoms with van der Waals surface area (Å²) < 4.78 is 8.17. The molecule has 1 amide bonds. The molecule has 172 valence electrons. The van der Waals surface area contributed by atoms with Gasteiger partial charge in [-0.2, -0.15) is 0 Å². The second-order valence-electron chi connectivity index (χ2n) is 9.14. The number of hydrogen-bond acceptors (Lipinski definition) is 3. The summed E-state index contributed by atoms with van der Waals surface area (Å²) in [4.78, 5) is 16.8. The standard InChI is InChI=1S/C26H34ClN3O2/c1-26(2,3)25(31)28-17-8-4-5-12-24-29-22-10-6-7-11-23(22)30(24)18-9-19-32-21-15-13-20(27)14-16-21/h6-7,10-11,13-16H,4-5,8-9,12,17-19H2,1-3H3,(H,28,31). The Morgan fingerprint density at radius 1 is 1.03 bits per heavy atom. The number of rotatable bonds is 11. The molecule has 3 rings (SSSR count). The molecule has 0 spiro atoms. The molecule has 0 saturated carbocycles. The minimum atomic E-state index is -0.331. The summed E-state index contributed by atoms with van der Waals surface area (Å²) in [6, 6.07) is 15.8. The van der Waals surface area contributed by atoms with Crippen molar-refractivity contribution in [3.8, 4) is 5.75 Å². The SMILES string of the molecule is CC(C)(C)C(=O)NCCCCCc1nc2ccccc2n1CCCOc1ccc(Cl)cc1. The van der Waals surface area contributed by atoms with Crippen molar-refractivity contribution in [3.05, 3.63) is 59.4 Å². The molecule has 3 aromatic rings. The molecule has 1 N–H and O–H groups in total. The number of carbonyl (C=O) groups is 1. The van der Waals surface area contributed by atoms with E-state index < -0.39 is 0 Å². The number of hydrogen-bond donors (Lipinski definition) is 1. The first kappa shape index (κ1) is 24.1. The normalized spacial score (nSPS) is 11.6. The van der Waals surface area contributed by atoms with Crippen LogP contribution in [0.15, 0.2) is 48.5 Å². The van der Waals surface area contributed by atoms with Gasteiger partial charge >= 0.3 is 0 Å². The van der Waals surface area contributed by atoms with E-state index in [-0.39, 0.29) is 11.3 Å². The average Bonchev–Trinajstić information content (AvgIpc) is 3.11. The van der Waals surface area contributed by atoms with Crippen molar-refractivity contribution in [2.75, 3.05) is 13.2 Å². The second kappa shape index (κ2) is 11.4. The molecule has 0 aliphatic heterocycles. The molecule has 0 radical (unpaired) electrons. The lowest BCUT2D eigenvalue weighted by molar-refractivity contribution is -0.128. The average molecular weight is 456 g/mol. The number of halogens is 1. The van der Waals surface area contributed by atoms with Crippen LogP contribution in [-0.2, 0) is 17.8 Å². The van der Waals surface area contributed by atoms with E-state index in [0.29, 0.717) is 11.6 Å². The lowest BCUT2D eigenvalue weighted by Gasteiger charge is -2.17. The zero-order chi connectivity index (χ0) is 23.0. The maximum absolute atomic E-state index is 12.0. The van der Waals surface area contributed by atoms with Crippen LogP contribution in [0.25, 0.3) is 11.0 Å². The Kier molecular flexibility index (Phi) is 8.57. The summed E-state index contributed by atoms with van der Waals surface area (Å²) in [6.45, 7) is 8.05. The van der Waals surface area contributed by atoms with Gasteiger partial charge in [-0.25, -0.2) is 4.98 Å². The predicted octanol–water partition coefficient (Wildman–Crippen LogP) is 6.03. The van der Waals surface area contributed by atoms with Crippen LogP contribution in [0, 0.1) is 5.41 Å². The molecular weight excluding hydrogens is 422 g/mol. The maximum Gasteiger partial charge on any atom is 0.225 e. The van der Waals surface area contributed by atoms with Gasteiger partial charge in [-0.3, -0.25) is 4.79 Å². The Morgan fingerprint density at radius 3 is 2.53 bits per heavy atom. The van der Waals surface area contributed by atoms with E-state index in [2.05, 4.69) is 28.1 Å². The van der Waals surface area contributed by atoms with E-state index in [1.165, 1.54) is 5.52 Å². The Bertz CT molecular complexity index is 1010. The van der Waals surface area contributed by atoms with Gasteiger partial charge in [0.25, 0.3) is 0 Å². The highest BCUT2D eigenvalue weighted by molar-refractivity contribution is 6.30. The summed E-state index contributed by atoms with van der Waals surface area (Å²) in [6.07, 6.45) is 4.93.